The van der Waals surface area contributed by atoms with Gasteiger partial charge in [-0.25, -0.2) is 4.98 Å². The molecule has 1 unspecified atom stereocenters. The van der Waals surface area contributed by atoms with Crippen molar-refractivity contribution in [1.82, 2.24) is 40.6 Å². The van der Waals surface area contributed by atoms with Crippen LogP contribution in [0, 0.1) is 0 Å². The summed E-state index contributed by atoms with van der Waals surface area (Å²) in [5, 5.41) is 19.8. The smallest absolute Gasteiger partial charge is 0.255 e. The Hall–Kier alpha value is -7.06. The van der Waals surface area contributed by atoms with E-state index in [1.165, 1.54) is 4.90 Å². The van der Waals surface area contributed by atoms with Crippen LogP contribution in [0.15, 0.2) is 91.3 Å². The van der Waals surface area contributed by atoms with Crippen LogP contribution < -0.4 is 26.0 Å². The lowest BCUT2D eigenvalue weighted by atomic mass is 9.86. The Labute approximate surface area is 425 Å². The molecule has 3 aliphatic rings. The number of piperidine rings is 2. The topological polar surface area (TPSA) is 231 Å². The summed E-state index contributed by atoms with van der Waals surface area (Å²) in [6, 6.07) is 23.4. The number of amides is 5. The number of ether oxygens (including phenoxy) is 4. The number of nitrogens with zero attached hydrogens (tertiary/aromatic N) is 5. The minimum absolute atomic E-state index is 0.121. The molecule has 386 valence electrons. The lowest BCUT2D eigenvalue weighted by Crippen LogP contribution is -2.52. The Morgan fingerprint density at radius 1 is 0.836 bits per heavy atom. The number of carbonyl (C=O) groups is 5. The number of fused-ring (bicyclic) bond motifs is 1. The summed E-state index contributed by atoms with van der Waals surface area (Å²) in [6.45, 7) is 6.98. The third kappa shape index (κ3) is 14.1. The van der Waals surface area contributed by atoms with Gasteiger partial charge in [-0.1, -0.05) is 30.7 Å². The Balaban J connectivity index is 0.655. The predicted molar refractivity (Wildman–Crippen MR) is 273 cm³/mol. The SMILES string of the molecule is C[C@@H](NC(=O)c1cccc(NC2(c3nc(-c4ccncc4)n[nH]3)CCN(C)CC2)c1)c1cccc(OCCCCCCOCCOCCOCCC(=O)Nc2cccc3c2CN(C2CCC(=O)NC2=O)C3=O)c1. The highest BCUT2D eigenvalue weighted by molar-refractivity contribution is 6.06. The summed E-state index contributed by atoms with van der Waals surface area (Å²) in [6.07, 6.45) is 9.52. The zero-order chi connectivity index (χ0) is 51.0. The molecule has 0 saturated carbocycles. The van der Waals surface area contributed by atoms with Crippen LogP contribution in [-0.4, -0.2) is 132 Å². The van der Waals surface area contributed by atoms with E-state index in [-0.39, 0.29) is 62.1 Å². The molecule has 2 saturated heterocycles. The number of hydrogen-bond acceptors (Lipinski definition) is 14. The molecule has 5 heterocycles. The zero-order valence-electron chi connectivity index (χ0n) is 41.7. The van der Waals surface area contributed by atoms with Gasteiger partial charge in [-0.15, -0.1) is 0 Å². The van der Waals surface area contributed by atoms with Crippen LogP contribution in [0.5, 0.6) is 5.75 Å². The van der Waals surface area contributed by atoms with E-state index in [0.29, 0.717) is 67.8 Å². The van der Waals surface area contributed by atoms with Crippen molar-refractivity contribution in [3.05, 3.63) is 119 Å². The lowest BCUT2D eigenvalue weighted by molar-refractivity contribution is -0.137. The highest BCUT2D eigenvalue weighted by Crippen LogP contribution is 2.36. The number of pyridine rings is 1. The summed E-state index contributed by atoms with van der Waals surface area (Å²) in [7, 11) is 2.12. The zero-order valence-corrected chi connectivity index (χ0v) is 41.7. The van der Waals surface area contributed by atoms with Crippen molar-refractivity contribution in [2.45, 2.75) is 88.9 Å². The fraction of sp³-hybridized carbons (Fsp3) is 0.444. The molecular weight excluding hydrogens is 933 g/mol. The summed E-state index contributed by atoms with van der Waals surface area (Å²) in [4.78, 5) is 76.1. The first-order valence-electron chi connectivity index (χ1n) is 25.3. The fourth-order valence-corrected chi connectivity index (χ4v) is 9.25. The molecule has 0 bridgehead atoms. The number of anilines is 2. The van der Waals surface area contributed by atoms with E-state index in [1.54, 1.807) is 30.6 Å². The van der Waals surface area contributed by atoms with Crippen molar-refractivity contribution in [2.24, 2.45) is 0 Å². The van der Waals surface area contributed by atoms with Crippen molar-refractivity contribution >= 4 is 40.9 Å². The molecule has 19 nitrogen and oxygen atoms in total. The second kappa shape index (κ2) is 25.5. The van der Waals surface area contributed by atoms with Crippen LogP contribution in [0.25, 0.3) is 11.4 Å². The Morgan fingerprint density at radius 3 is 2.34 bits per heavy atom. The van der Waals surface area contributed by atoms with Gasteiger partial charge < -0.3 is 44.7 Å². The number of aromatic amines is 1. The molecule has 8 rings (SSSR count). The highest BCUT2D eigenvalue weighted by atomic mass is 16.5. The third-order valence-electron chi connectivity index (χ3n) is 13.5. The number of likely N-dealkylation sites (tertiary alicyclic amines) is 1. The average Bonchev–Trinajstić information content (AvgIpc) is 4.04. The van der Waals surface area contributed by atoms with Crippen LogP contribution in [0.4, 0.5) is 11.4 Å². The maximum absolute atomic E-state index is 13.6. The lowest BCUT2D eigenvalue weighted by Gasteiger charge is -2.40. The van der Waals surface area contributed by atoms with Crippen molar-refractivity contribution in [3.8, 4) is 17.1 Å². The maximum Gasteiger partial charge on any atom is 0.255 e. The molecule has 73 heavy (non-hydrogen) atoms. The van der Waals surface area contributed by atoms with E-state index in [9.17, 15) is 24.0 Å². The Bertz CT molecular complexity index is 2670. The molecular formula is C54H66N10O9. The number of imide groups is 1. The van der Waals surface area contributed by atoms with E-state index in [4.69, 9.17) is 23.9 Å². The standard InChI is InChI=1S/C54H66N10O9/c1-37(56-50(67)40-11-7-12-41(34-40)60-54(21-25-63(2)26-22-54)53-59-49(61-62-53)38-18-23-55-24-19-38)39-10-8-13-42(35-39)73-28-6-4-3-5-27-70-30-32-72-33-31-71-29-20-48(66)57-45-15-9-14-43-44(45)36-64(52(43)69)46-16-17-47(65)58-51(46)68/h7-15,18-19,23-24,34-35,37,46,60H,3-6,16-17,20-22,25-33,36H2,1-2H3,(H,56,67)(H,57,66)(H,58,65,68)(H,59,61,62)/t37-,46?/m1/s1. The summed E-state index contributed by atoms with van der Waals surface area (Å²) < 4.78 is 23.0. The van der Waals surface area contributed by atoms with Gasteiger partial charge in [0.25, 0.3) is 11.8 Å². The second-order valence-corrected chi connectivity index (χ2v) is 18.7. The molecule has 0 spiro atoms. The molecule has 0 radical (unpaired) electrons. The van der Waals surface area contributed by atoms with Gasteiger partial charge in [0.1, 0.15) is 11.8 Å². The number of H-pyrrole nitrogens is 1. The highest BCUT2D eigenvalue weighted by Gasteiger charge is 2.41. The van der Waals surface area contributed by atoms with Gasteiger partial charge in [-0.2, -0.15) is 5.10 Å². The average molecular weight is 999 g/mol. The van der Waals surface area contributed by atoms with Gasteiger partial charge in [0.05, 0.1) is 57.6 Å². The van der Waals surface area contributed by atoms with E-state index in [0.717, 1.165) is 80.0 Å². The van der Waals surface area contributed by atoms with Gasteiger partial charge in [0.2, 0.25) is 17.7 Å². The minimum atomic E-state index is -0.725. The second-order valence-electron chi connectivity index (χ2n) is 18.7. The fourth-order valence-electron chi connectivity index (χ4n) is 9.25. The quantitative estimate of drug-likeness (QED) is 0.0308. The van der Waals surface area contributed by atoms with Gasteiger partial charge in [0.15, 0.2) is 11.6 Å². The molecule has 0 aliphatic carbocycles. The maximum atomic E-state index is 13.6. The first kappa shape index (κ1) is 52.3. The van der Waals surface area contributed by atoms with E-state index in [2.05, 4.69) is 48.4 Å². The van der Waals surface area contributed by atoms with Crippen LogP contribution in [-0.2, 0) is 40.7 Å². The minimum Gasteiger partial charge on any atom is -0.494 e. The van der Waals surface area contributed by atoms with Crippen molar-refractivity contribution in [1.29, 1.82) is 0 Å². The van der Waals surface area contributed by atoms with Gasteiger partial charge in [0, 0.05) is 78.7 Å². The Kier molecular flexibility index (Phi) is 18.3. The first-order valence-corrected chi connectivity index (χ1v) is 25.3. The summed E-state index contributed by atoms with van der Waals surface area (Å²) >= 11 is 0. The number of unbranched alkanes of at least 4 members (excludes halogenated alkanes) is 3. The summed E-state index contributed by atoms with van der Waals surface area (Å²) in [5.41, 5.74) is 4.34. The molecule has 5 N–H and O–H groups in total. The van der Waals surface area contributed by atoms with Crippen molar-refractivity contribution in [2.75, 3.05) is 77.0 Å². The molecule has 2 atom stereocenters. The molecule has 3 aliphatic heterocycles. The van der Waals surface area contributed by atoms with E-state index in [1.807, 2.05) is 67.6 Å². The number of hydrogen-bond donors (Lipinski definition) is 5. The number of carbonyl (C=O) groups excluding carboxylic acids is 5. The Morgan fingerprint density at radius 2 is 1.56 bits per heavy atom. The number of rotatable bonds is 26. The first-order chi connectivity index (χ1) is 35.5. The van der Waals surface area contributed by atoms with Crippen LogP contribution in [0.3, 0.4) is 0 Å². The monoisotopic (exact) mass is 999 g/mol. The molecule has 5 amide bonds. The largest absolute Gasteiger partial charge is 0.494 e. The van der Waals surface area contributed by atoms with Gasteiger partial charge >= 0.3 is 0 Å². The molecule has 3 aromatic carbocycles. The van der Waals surface area contributed by atoms with Gasteiger partial charge in [-0.3, -0.25) is 39.4 Å². The molecule has 5 aromatic rings. The third-order valence-corrected chi connectivity index (χ3v) is 13.5. The molecule has 19 heteroatoms. The normalized spacial score (nSPS) is 16.9. The van der Waals surface area contributed by atoms with Crippen molar-refractivity contribution in [3.63, 3.8) is 0 Å². The van der Waals surface area contributed by atoms with Crippen LogP contribution in [0.2, 0.25) is 0 Å². The van der Waals surface area contributed by atoms with Gasteiger partial charge in [-0.05, 0) is 113 Å². The predicted octanol–water partition coefficient (Wildman–Crippen LogP) is 6.17. The number of aromatic nitrogens is 4. The van der Waals surface area contributed by atoms with Crippen molar-refractivity contribution < 1.29 is 42.9 Å². The summed E-state index contributed by atoms with van der Waals surface area (Å²) in [5.74, 6) is 0.606. The number of nitrogens with one attached hydrogen (secondary N) is 5. The molecule has 2 fully saturated rings. The van der Waals surface area contributed by atoms with Crippen LogP contribution >= 0.6 is 0 Å². The van der Waals surface area contributed by atoms with E-state index >= 15 is 0 Å². The molecule has 2 aromatic heterocycles. The number of benzene rings is 3. The van der Waals surface area contributed by atoms with E-state index < -0.39 is 17.5 Å². The van der Waals surface area contributed by atoms with Crippen LogP contribution in [0.1, 0.15) is 108 Å².